The van der Waals surface area contributed by atoms with Gasteiger partial charge in [-0.3, -0.25) is 9.59 Å². The number of Topliss-reactive ketones (excluding diaryl/α,β-unsaturated/α-hetero) is 1. The minimum Gasteiger partial charge on any atom is -0.486 e. The maximum Gasteiger partial charge on any atom is 0.226 e. The Morgan fingerprint density at radius 1 is 1.19 bits per heavy atom. The number of ketones is 1. The number of para-hydroxylation sites is 1. The van der Waals surface area contributed by atoms with E-state index in [1.165, 1.54) is 0 Å². The van der Waals surface area contributed by atoms with Gasteiger partial charge in [0.15, 0.2) is 15.6 Å². The average molecular weight is 375 g/mol. The summed E-state index contributed by atoms with van der Waals surface area (Å²) in [5.74, 6) is 1.08. The van der Waals surface area contributed by atoms with E-state index >= 15 is 0 Å². The first-order chi connectivity index (χ1) is 12.4. The smallest absolute Gasteiger partial charge is 0.226 e. The molecule has 26 heavy (non-hydrogen) atoms. The molecule has 0 unspecified atom stereocenters. The monoisotopic (exact) mass is 375 g/mol. The van der Waals surface area contributed by atoms with E-state index in [0.717, 1.165) is 12.8 Å². The van der Waals surface area contributed by atoms with E-state index in [-0.39, 0.29) is 54.0 Å². The lowest BCUT2D eigenvalue weighted by Crippen LogP contribution is -2.47. The van der Waals surface area contributed by atoms with Crippen LogP contribution in [0.4, 0.5) is 0 Å². The van der Waals surface area contributed by atoms with Gasteiger partial charge < -0.3 is 9.64 Å². The number of nitrogens with zero attached hydrogens (tertiary/aromatic N) is 1. The molecule has 0 N–H and O–H groups in total. The van der Waals surface area contributed by atoms with Crippen molar-refractivity contribution >= 4 is 21.5 Å². The fraction of sp³-hybridized carbons (Fsp3) is 0.579. The van der Waals surface area contributed by atoms with Gasteiger partial charge in [-0.1, -0.05) is 12.1 Å². The summed E-state index contributed by atoms with van der Waals surface area (Å²) < 4.78 is 29.5. The zero-order valence-corrected chi connectivity index (χ0v) is 15.2. The third-order valence-corrected chi connectivity index (χ3v) is 8.19. The normalized spacial score (nSPS) is 37.0. The van der Waals surface area contributed by atoms with Crippen LogP contribution in [0.3, 0.4) is 0 Å². The largest absolute Gasteiger partial charge is 0.486 e. The van der Waals surface area contributed by atoms with Gasteiger partial charge in [-0.15, -0.1) is 0 Å². The zero-order chi connectivity index (χ0) is 18.1. The van der Waals surface area contributed by atoms with Crippen molar-refractivity contribution in [3.63, 3.8) is 0 Å². The summed E-state index contributed by atoms with van der Waals surface area (Å²) in [6.45, 7) is 0.569. The number of carbonyl (C=O) groups excluding carboxylic acids is 2. The third kappa shape index (κ3) is 2.32. The van der Waals surface area contributed by atoms with Crippen LogP contribution in [0.15, 0.2) is 24.3 Å². The molecular formula is C19H21NO5S. The molecule has 2 saturated carbocycles. The lowest BCUT2D eigenvalue weighted by molar-refractivity contribution is -0.134. The van der Waals surface area contributed by atoms with E-state index in [2.05, 4.69) is 0 Å². The summed E-state index contributed by atoms with van der Waals surface area (Å²) in [6.07, 6.45) is 2.03. The van der Waals surface area contributed by atoms with Crippen LogP contribution in [0.2, 0.25) is 0 Å². The van der Waals surface area contributed by atoms with Gasteiger partial charge in [-0.05, 0) is 30.9 Å². The standard InChI is InChI=1S/C19H21NO5S/c21-14-11-19(25-15-4-2-1-3-12(14)15)6-5-13-16(17(13)19)18(22)20-7-9-26(23,24)10-8-20/h1-4,13,16-17H,5-11H2/t13-,16+,17-,19+/m1/s1. The molecule has 2 aliphatic carbocycles. The Bertz CT molecular complexity index is 896. The van der Waals surface area contributed by atoms with Gasteiger partial charge in [0, 0.05) is 24.9 Å². The third-order valence-electron chi connectivity index (χ3n) is 6.58. The highest BCUT2D eigenvalue weighted by molar-refractivity contribution is 7.91. The minimum absolute atomic E-state index is 0.0453. The molecule has 2 aliphatic heterocycles. The quantitative estimate of drug-likeness (QED) is 0.739. The molecule has 1 aromatic carbocycles. The van der Waals surface area contributed by atoms with Crippen LogP contribution < -0.4 is 4.74 Å². The fourth-order valence-electron chi connectivity index (χ4n) is 5.24. The van der Waals surface area contributed by atoms with Crippen molar-refractivity contribution in [1.82, 2.24) is 4.90 Å². The Labute approximate surface area is 152 Å². The van der Waals surface area contributed by atoms with Crippen LogP contribution in [0.1, 0.15) is 29.6 Å². The Morgan fingerprint density at radius 3 is 2.69 bits per heavy atom. The molecule has 138 valence electrons. The molecule has 1 spiro atoms. The van der Waals surface area contributed by atoms with Gasteiger partial charge in [-0.2, -0.15) is 0 Å². The number of rotatable bonds is 1. The van der Waals surface area contributed by atoms with Crippen molar-refractivity contribution in [1.29, 1.82) is 0 Å². The van der Waals surface area contributed by atoms with Crippen molar-refractivity contribution in [3.8, 4) is 5.75 Å². The molecule has 4 atom stereocenters. The summed E-state index contributed by atoms with van der Waals surface area (Å²) in [5.41, 5.74) is 0.0736. The molecule has 0 bridgehead atoms. The Balaban J connectivity index is 1.36. The van der Waals surface area contributed by atoms with Gasteiger partial charge in [0.1, 0.15) is 11.4 Å². The SMILES string of the molecule is O=C1C[C@]2(CC[C@@H]3[C@H](C(=O)N4CCS(=O)(=O)CC4)[C@@H]32)Oc2ccccc21. The highest BCUT2D eigenvalue weighted by Crippen LogP contribution is 2.66. The summed E-state index contributed by atoms with van der Waals surface area (Å²) in [4.78, 5) is 27.2. The van der Waals surface area contributed by atoms with Crippen LogP contribution in [0.25, 0.3) is 0 Å². The Hall–Kier alpha value is -1.89. The molecular weight excluding hydrogens is 354 g/mol. The number of carbonyl (C=O) groups is 2. The lowest BCUT2D eigenvalue weighted by Gasteiger charge is -2.37. The topological polar surface area (TPSA) is 80.8 Å². The number of benzene rings is 1. The van der Waals surface area contributed by atoms with Gasteiger partial charge >= 0.3 is 0 Å². The first kappa shape index (κ1) is 16.3. The molecule has 0 radical (unpaired) electrons. The predicted octanol–water partition coefficient (Wildman–Crippen LogP) is 1.30. The Morgan fingerprint density at radius 2 is 1.92 bits per heavy atom. The maximum atomic E-state index is 12.9. The van der Waals surface area contributed by atoms with Crippen molar-refractivity contribution in [2.24, 2.45) is 17.8 Å². The molecule has 1 amide bonds. The van der Waals surface area contributed by atoms with Gasteiger partial charge in [0.2, 0.25) is 5.91 Å². The van der Waals surface area contributed by atoms with E-state index in [4.69, 9.17) is 4.74 Å². The first-order valence-electron chi connectivity index (χ1n) is 9.21. The predicted molar refractivity (Wildman–Crippen MR) is 93.7 cm³/mol. The van der Waals surface area contributed by atoms with Crippen LogP contribution in [0, 0.1) is 17.8 Å². The summed E-state index contributed by atoms with van der Waals surface area (Å²) >= 11 is 0. The molecule has 1 saturated heterocycles. The second-order valence-corrected chi connectivity index (χ2v) is 10.3. The number of hydrogen-bond donors (Lipinski definition) is 0. The second-order valence-electron chi connectivity index (χ2n) is 7.99. The maximum absolute atomic E-state index is 12.9. The molecule has 6 nitrogen and oxygen atoms in total. The number of amides is 1. The van der Waals surface area contributed by atoms with Crippen molar-refractivity contribution in [3.05, 3.63) is 29.8 Å². The van der Waals surface area contributed by atoms with Crippen LogP contribution in [-0.4, -0.2) is 55.2 Å². The number of fused-ring (bicyclic) bond motifs is 3. The van der Waals surface area contributed by atoms with Gasteiger partial charge in [0.25, 0.3) is 0 Å². The Kier molecular flexibility index (Phi) is 3.33. The summed E-state index contributed by atoms with van der Waals surface area (Å²) in [7, 11) is -3.00. The van der Waals surface area contributed by atoms with Crippen molar-refractivity contribution < 1.29 is 22.7 Å². The second kappa shape index (κ2) is 5.31. The first-order valence-corrected chi connectivity index (χ1v) is 11.0. The highest BCUT2D eigenvalue weighted by atomic mass is 32.2. The van der Waals surface area contributed by atoms with Crippen LogP contribution in [0.5, 0.6) is 5.75 Å². The number of hydrogen-bond acceptors (Lipinski definition) is 5. The van der Waals surface area contributed by atoms with Gasteiger partial charge in [-0.25, -0.2) is 8.42 Å². The van der Waals surface area contributed by atoms with E-state index in [9.17, 15) is 18.0 Å². The average Bonchev–Trinajstić information content (AvgIpc) is 3.25. The summed E-state index contributed by atoms with van der Waals surface area (Å²) in [5, 5.41) is 0. The lowest BCUT2D eigenvalue weighted by atomic mass is 9.84. The molecule has 4 aliphatic rings. The zero-order valence-electron chi connectivity index (χ0n) is 14.4. The molecule has 3 fully saturated rings. The van der Waals surface area contributed by atoms with Gasteiger partial charge in [0.05, 0.1) is 23.5 Å². The molecule has 2 heterocycles. The number of ether oxygens (including phenoxy) is 1. The molecule has 5 rings (SSSR count). The van der Waals surface area contributed by atoms with Crippen LogP contribution in [-0.2, 0) is 14.6 Å². The van der Waals surface area contributed by atoms with E-state index in [1.807, 2.05) is 18.2 Å². The van der Waals surface area contributed by atoms with E-state index in [0.29, 0.717) is 17.7 Å². The van der Waals surface area contributed by atoms with Crippen LogP contribution >= 0.6 is 0 Å². The molecule has 0 aromatic heterocycles. The van der Waals surface area contributed by atoms with Crippen molar-refractivity contribution in [2.75, 3.05) is 24.6 Å². The minimum atomic E-state index is -3.00. The molecule has 7 heteroatoms. The van der Waals surface area contributed by atoms with Crippen molar-refractivity contribution in [2.45, 2.75) is 24.9 Å². The molecule has 1 aromatic rings. The number of sulfone groups is 1. The highest BCUT2D eigenvalue weighted by Gasteiger charge is 2.71. The van der Waals surface area contributed by atoms with E-state index < -0.39 is 15.4 Å². The van der Waals surface area contributed by atoms with E-state index in [1.54, 1.807) is 11.0 Å². The summed E-state index contributed by atoms with van der Waals surface area (Å²) in [6, 6.07) is 7.32. The fourth-order valence-corrected chi connectivity index (χ4v) is 6.44.